The van der Waals surface area contributed by atoms with Gasteiger partial charge in [-0.1, -0.05) is 33.8 Å². The number of rotatable bonds is 8. The summed E-state index contributed by atoms with van der Waals surface area (Å²) in [4.78, 5) is 25.1. The number of halogens is 1. The van der Waals surface area contributed by atoms with Crippen LogP contribution < -0.4 is 16.4 Å². The van der Waals surface area contributed by atoms with Gasteiger partial charge in [-0.3, -0.25) is 9.59 Å². The summed E-state index contributed by atoms with van der Waals surface area (Å²) in [5, 5.41) is 7.53. The predicted molar refractivity (Wildman–Crippen MR) is 98.2 cm³/mol. The zero-order valence-corrected chi connectivity index (χ0v) is 15.9. The van der Waals surface area contributed by atoms with Crippen LogP contribution in [0.2, 0.25) is 0 Å². The van der Waals surface area contributed by atoms with E-state index in [0.29, 0.717) is 11.4 Å². The Morgan fingerprint density at radius 3 is 2.35 bits per heavy atom. The maximum absolute atomic E-state index is 12.4. The molecule has 7 heteroatoms. The van der Waals surface area contributed by atoms with Crippen LogP contribution in [0.1, 0.15) is 50.2 Å². The summed E-state index contributed by atoms with van der Waals surface area (Å²) in [7, 11) is 0. The lowest BCUT2D eigenvalue weighted by molar-refractivity contribution is -0.124. The van der Waals surface area contributed by atoms with Gasteiger partial charge in [0.25, 0.3) is 5.91 Å². The topological polar surface area (TPSA) is 84.2 Å². The lowest BCUT2D eigenvalue weighted by Gasteiger charge is -2.29. The van der Waals surface area contributed by atoms with Crippen LogP contribution in [0, 0.1) is 5.92 Å². The summed E-state index contributed by atoms with van der Waals surface area (Å²) < 4.78 is 0. The van der Waals surface area contributed by atoms with Crippen molar-refractivity contribution in [2.24, 2.45) is 11.7 Å². The monoisotopic (exact) mass is 361 g/mol. The second-order valence-corrected chi connectivity index (χ2v) is 6.91. The van der Waals surface area contributed by atoms with Gasteiger partial charge in [-0.25, -0.2) is 0 Å². The van der Waals surface area contributed by atoms with E-state index in [1.165, 1.54) is 11.3 Å². The fourth-order valence-corrected chi connectivity index (χ4v) is 2.66. The molecule has 0 fully saturated rings. The smallest absolute Gasteiger partial charge is 0.262 e. The summed E-state index contributed by atoms with van der Waals surface area (Å²) in [6.45, 7) is 8.25. The van der Waals surface area contributed by atoms with Crippen molar-refractivity contribution in [3.8, 4) is 0 Å². The molecular formula is C16H28ClN3O2S. The second kappa shape index (κ2) is 9.90. The van der Waals surface area contributed by atoms with Gasteiger partial charge in [0.1, 0.15) is 6.04 Å². The third kappa shape index (κ3) is 6.49. The average molecular weight is 362 g/mol. The summed E-state index contributed by atoms with van der Waals surface area (Å²) in [6, 6.07) is 3.00. The number of thiophene rings is 1. The zero-order valence-electron chi connectivity index (χ0n) is 14.2. The van der Waals surface area contributed by atoms with Crippen molar-refractivity contribution in [2.75, 3.05) is 6.54 Å². The highest BCUT2D eigenvalue weighted by Gasteiger charge is 2.27. The highest BCUT2D eigenvalue weighted by atomic mass is 35.5. The molecule has 23 heavy (non-hydrogen) atoms. The SMILES string of the molecule is CCC(N)(CC)CNC(=O)C(NC(=O)c1cccs1)C(C)C.Cl. The molecule has 0 radical (unpaired) electrons. The van der Waals surface area contributed by atoms with E-state index in [1.54, 1.807) is 6.07 Å². The van der Waals surface area contributed by atoms with E-state index < -0.39 is 11.6 Å². The molecule has 1 atom stereocenters. The Morgan fingerprint density at radius 1 is 1.30 bits per heavy atom. The Balaban J connectivity index is 0.00000484. The van der Waals surface area contributed by atoms with Crippen LogP contribution in [-0.4, -0.2) is 29.9 Å². The number of carbonyl (C=O) groups is 2. The van der Waals surface area contributed by atoms with Crippen LogP contribution in [0.4, 0.5) is 0 Å². The maximum Gasteiger partial charge on any atom is 0.262 e. The van der Waals surface area contributed by atoms with E-state index in [1.807, 2.05) is 39.1 Å². The normalized spacial score (nSPS) is 12.4. The minimum Gasteiger partial charge on any atom is -0.352 e. The average Bonchev–Trinajstić information content (AvgIpc) is 3.03. The van der Waals surface area contributed by atoms with E-state index in [4.69, 9.17) is 5.73 Å². The molecule has 4 N–H and O–H groups in total. The molecule has 2 amide bonds. The highest BCUT2D eigenvalue weighted by molar-refractivity contribution is 7.12. The molecule has 1 rings (SSSR count). The molecule has 0 aliphatic rings. The molecule has 0 spiro atoms. The van der Waals surface area contributed by atoms with Gasteiger partial charge >= 0.3 is 0 Å². The first-order valence-electron chi connectivity index (χ1n) is 7.74. The minimum atomic E-state index is -0.562. The largest absolute Gasteiger partial charge is 0.352 e. The van der Waals surface area contributed by atoms with Crippen LogP contribution in [0.3, 0.4) is 0 Å². The minimum absolute atomic E-state index is 0. The highest BCUT2D eigenvalue weighted by Crippen LogP contribution is 2.12. The molecule has 0 saturated heterocycles. The summed E-state index contributed by atoms with van der Waals surface area (Å²) in [6.07, 6.45) is 1.58. The van der Waals surface area contributed by atoms with Crippen molar-refractivity contribution in [1.82, 2.24) is 10.6 Å². The van der Waals surface area contributed by atoms with Crippen LogP contribution >= 0.6 is 23.7 Å². The molecule has 0 aliphatic heterocycles. The number of hydrogen-bond donors (Lipinski definition) is 3. The standard InChI is InChI=1S/C16H27N3O2S.ClH/c1-5-16(17,6-2)10-18-15(21)13(11(3)4)19-14(20)12-8-7-9-22-12;/h7-9,11,13H,5-6,10,17H2,1-4H3,(H,18,21)(H,19,20);1H. The third-order valence-electron chi connectivity index (χ3n) is 4.00. The second-order valence-electron chi connectivity index (χ2n) is 5.96. The van der Waals surface area contributed by atoms with Gasteiger partial charge in [0.15, 0.2) is 0 Å². The Hall–Kier alpha value is -1.11. The van der Waals surface area contributed by atoms with Gasteiger partial charge in [0.05, 0.1) is 4.88 Å². The molecule has 132 valence electrons. The first kappa shape index (κ1) is 21.9. The van der Waals surface area contributed by atoms with Crippen molar-refractivity contribution < 1.29 is 9.59 Å². The lowest BCUT2D eigenvalue weighted by Crippen LogP contribution is -2.55. The summed E-state index contributed by atoms with van der Waals surface area (Å²) in [5.41, 5.74) is 5.81. The van der Waals surface area contributed by atoms with E-state index in [0.717, 1.165) is 12.8 Å². The van der Waals surface area contributed by atoms with Crippen molar-refractivity contribution in [3.05, 3.63) is 22.4 Å². The summed E-state index contributed by atoms with van der Waals surface area (Å²) >= 11 is 1.36. The van der Waals surface area contributed by atoms with Crippen LogP contribution in [0.15, 0.2) is 17.5 Å². The van der Waals surface area contributed by atoms with Crippen LogP contribution in [0.5, 0.6) is 0 Å². The van der Waals surface area contributed by atoms with E-state index in [-0.39, 0.29) is 30.1 Å². The molecule has 0 bridgehead atoms. The van der Waals surface area contributed by atoms with Gasteiger partial charge in [-0.15, -0.1) is 23.7 Å². The Kier molecular flexibility index (Phi) is 9.42. The Bertz CT molecular complexity index is 488. The first-order chi connectivity index (χ1) is 10.3. The van der Waals surface area contributed by atoms with Crippen molar-refractivity contribution >= 4 is 35.6 Å². The molecule has 1 heterocycles. The van der Waals surface area contributed by atoms with Gasteiger partial charge in [-0.05, 0) is 30.2 Å². The van der Waals surface area contributed by atoms with E-state index >= 15 is 0 Å². The summed E-state index contributed by atoms with van der Waals surface area (Å²) in [5.74, 6) is -0.398. The molecule has 1 aromatic rings. The quantitative estimate of drug-likeness (QED) is 0.665. The molecule has 5 nitrogen and oxygen atoms in total. The fourth-order valence-electron chi connectivity index (χ4n) is 2.03. The Labute approximate surface area is 148 Å². The number of nitrogens with two attached hydrogens (primary N) is 1. The van der Waals surface area contributed by atoms with Gasteiger partial charge < -0.3 is 16.4 Å². The van der Waals surface area contributed by atoms with Gasteiger partial charge in [0, 0.05) is 12.1 Å². The van der Waals surface area contributed by atoms with E-state index in [9.17, 15) is 9.59 Å². The van der Waals surface area contributed by atoms with Gasteiger partial charge in [0.2, 0.25) is 5.91 Å². The lowest BCUT2D eigenvalue weighted by atomic mass is 9.94. The molecule has 0 saturated carbocycles. The molecule has 1 unspecified atom stereocenters. The van der Waals surface area contributed by atoms with E-state index in [2.05, 4.69) is 10.6 Å². The third-order valence-corrected chi connectivity index (χ3v) is 4.87. The van der Waals surface area contributed by atoms with Crippen LogP contribution in [-0.2, 0) is 4.79 Å². The Morgan fingerprint density at radius 2 is 1.91 bits per heavy atom. The number of carbonyl (C=O) groups excluding carboxylic acids is 2. The fraction of sp³-hybridized carbons (Fsp3) is 0.625. The molecule has 1 aromatic heterocycles. The van der Waals surface area contributed by atoms with Crippen LogP contribution in [0.25, 0.3) is 0 Å². The number of hydrogen-bond acceptors (Lipinski definition) is 4. The molecular weight excluding hydrogens is 334 g/mol. The zero-order chi connectivity index (χ0) is 16.8. The van der Waals surface area contributed by atoms with Crippen molar-refractivity contribution in [1.29, 1.82) is 0 Å². The molecule has 0 aliphatic carbocycles. The predicted octanol–water partition coefficient (Wildman–Crippen LogP) is 2.56. The van der Waals surface area contributed by atoms with Crippen molar-refractivity contribution in [3.63, 3.8) is 0 Å². The maximum atomic E-state index is 12.4. The molecule has 0 aromatic carbocycles. The number of nitrogens with one attached hydrogen (secondary N) is 2. The first-order valence-corrected chi connectivity index (χ1v) is 8.62. The van der Waals surface area contributed by atoms with Crippen molar-refractivity contribution in [2.45, 2.75) is 52.1 Å². The van der Waals surface area contributed by atoms with Gasteiger partial charge in [-0.2, -0.15) is 0 Å². The number of amides is 2.